The highest BCUT2D eigenvalue weighted by atomic mass is 32.3. The number of ether oxygens (including phenoxy) is 11. The molecular weight excluding hydrogens is 1330 g/mol. The lowest BCUT2D eigenvalue weighted by Gasteiger charge is -2.39. The third kappa shape index (κ3) is 19.1. The summed E-state index contributed by atoms with van der Waals surface area (Å²) in [6.07, 6.45) is -1.82. The van der Waals surface area contributed by atoms with E-state index in [4.69, 9.17) is 68.8 Å². The second kappa shape index (κ2) is 32.4. The minimum Gasteiger partial charge on any atom is -0.493 e. The average Bonchev–Trinajstić information content (AvgIpc) is 0.815. The SMILES string of the molecule is COc1ccc(/C=C\c2cc(OC)c(OC)c(OC)c2)cc1OS(=O)(=O)Cc1ccc(OCc2ccc(OS(=O)(=O)Oc3cc(C(=O)NC(C)C)ccc3O[C@@H]3O[C@H](CO)[C@H](O)[C@H](O)[C@H]3O)cc2)c(CS(=O)(=O)Oc2cc(/C=C\c3cc(OC)c(OC)c(OC)c3)ccc2OC)c1. The second-order valence-corrected chi connectivity index (χ2v) is 25.8. The summed E-state index contributed by atoms with van der Waals surface area (Å²) in [7, 11) is -2.81. The molecule has 1 aliphatic heterocycles. The molecule has 27 nitrogen and oxygen atoms in total. The van der Waals surface area contributed by atoms with Gasteiger partial charge in [-0.25, -0.2) is 0 Å². The summed E-state index contributed by atoms with van der Waals surface area (Å²) >= 11 is 0. The van der Waals surface area contributed by atoms with Crippen molar-refractivity contribution in [3.8, 4) is 80.5 Å². The van der Waals surface area contributed by atoms with E-state index in [1.807, 2.05) is 0 Å². The van der Waals surface area contributed by atoms with Gasteiger partial charge in [-0.3, -0.25) is 4.79 Å². The van der Waals surface area contributed by atoms with E-state index in [1.54, 1.807) is 74.5 Å². The molecule has 1 heterocycles. The fourth-order valence-corrected chi connectivity index (χ4v) is 12.6. The highest BCUT2D eigenvalue weighted by Crippen LogP contribution is 2.42. The molecule has 8 rings (SSSR count). The van der Waals surface area contributed by atoms with Crippen LogP contribution in [0.2, 0.25) is 0 Å². The monoisotopic (exact) mass is 1400 g/mol. The summed E-state index contributed by atoms with van der Waals surface area (Å²) in [5, 5.41) is 43.7. The van der Waals surface area contributed by atoms with E-state index in [9.17, 15) is 50.5 Å². The Balaban J connectivity index is 1.05. The maximum absolute atomic E-state index is 14.3. The zero-order chi connectivity index (χ0) is 70.4. The van der Waals surface area contributed by atoms with Gasteiger partial charge in [0.25, 0.3) is 5.91 Å². The van der Waals surface area contributed by atoms with Crippen LogP contribution in [0.15, 0.2) is 121 Å². The van der Waals surface area contributed by atoms with E-state index >= 15 is 0 Å². The molecule has 1 fully saturated rings. The van der Waals surface area contributed by atoms with Crippen molar-refractivity contribution in [1.29, 1.82) is 0 Å². The molecule has 97 heavy (non-hydrogen) atoms. The van der Waals surface area contributed by atoms with Crippen molar-refractivity contribution in [2.75, 3.05) is 63.5 Å². The number of carbonyl (C=O) groups is 1. The van der Waals surface area contributed by atoms with Crippen molar-refractivity contribution in [3.63, 3.8) is 0 Å². The van der Waals surface area contributed by atoms with Gasteiger partial charge in [0, 0.05) is 17.2 Å². The largest absolute Gasteiger partial charge is 0.501 e. The van der Waals surface area contributed by atoms with Crippen LogP contribution in [-0.2, 0) is 53.5 Å². The van der Waals surface area contributed by atoms with Gasteiger partial charge < -0.3 is 94.6 Å². The summed E-state index contributed by atoms with van der Waals surface area (Å²) < 4.78 is 167. The summed E-state index contributed by atoms with van der Waals surface area (Å²) in [6.45, 7) is 2.30. The zero-order valence-electron chi connectivity index (χ0n) is 54.1. The van der Waals surface area contributed by atoms with E-state index in [2.05, 4.69) is 5.32 Å². The lowest BCUT2D eigenvalue weighted by molar-refractivity contribution is -0.277. The van der Waals surface area contributed by atoms with Crippen LogP contribution in [0.1, 0.15) is 63.1 Å². The van der Waals surface area contributed by atoms with Gasteiger partial charge in [0.2, 0.25) is 17.8 Å². The van der Waals surface area contributed by atoms with E-state index in [-0.39, 0.29) is 63.8 Å². The van der Waals surface area contributed by atoms with Gasteiger partial charge in [-0.2, -0.15) is 16.8 Å². The van der Waals surface area contributed by atoms with Crippen LogP contribution >= 0.6 is 0 Å². The predicted molar refractivity (Wildman–Crippen MR) is 353 cm³/mol. The fraction of sp³-hybridized carbons (Fsp3) is 0.299. The Morgan fingerprint density at radius 3 is 1.41 bits per heavy atom. The summed E-state index contributed by atoms with van der Waals surface area (Å²) in [5.41, 5.74) is 2.59. The highest BCUT2D eigenvalue weighted by molar-refractivity contribution is 7.86. The van der Waals surface area contributed by atoms with Crippen molar-refractivity contribution in [2.45, 2.75) is 68.7 Å². The quantitative estimate of drug-likeness (QED) is 0.0201. The third-order valence-corrected chi connectivity index (χ3v) is 17.3. The number of methoxy groups -OCH3 is 8. The molecule has 0 unspecified atom stereocenters. The number of rotatable bonds is 32. The summed E-state index contributed by atoms with van der Waals surface area (Å²) in [5.74, 6) is -1.54. The first-order chi connectivity index (χ1) is 46.2. The molecular formula is C67H73NO26S3. The minimum atomic E-state index is -5.11. The molecule has 7 aromatic rings. The molecule has 1 amide bonds. The van der Waals surface area contributed by atoms with Crippen LogP contribution in [0.4, 0.5) is 0 Å². The maximum Gasteiger partial charge on any atom is 0.501 e. The Hall–Kier alpha value is -9.66. The van der Waals surface area contributed by atoms with Crippen molar-refractivity contribution in [1.82, 2.24) is 5.32 Å². The first-order valence-electron chi connectivity index (χ1n) is 29.3. The Bertz CT molecular complexity index is 4280. The van der Waals surface area contributed by atoms with Gasteiger partial charge in [-0.05, 0) is 138 Å². The molecule has 5 atom stereocenters. The van der Waals surface area contributed by atoms with Crippen molar-refractivity contribution in [3.05, 3.63) is 166 Å². The number of aliphatic hydroxyl groups excluding tert-OH is 4. The standard InChI is InChI=1S/C67H73NO26S3/c1-39(2)68-66(73)46-20-26-52(89-67-63(72)62(71)61(70)60(35-69)90-67)55(34-46)94-97(78,79)91-48-21-15-42(16-22-48)36-88-49-23-19-45(37-95(74,75)92-53-28-40(17-24-50(53)80-3)11-13-43-30-56(82-5)64(86-9)57(31-43)83-6)27-47(49)38-96(76,77)93-54-29-41(18-25-51(54)81-4)12-14-44-32-58(84-7)65(87-10)59(33-44)85-8/h11-34,39,60-63,67,69-72H,35-38H2,1-10H3,(H,68,73)/b13-11-,14-12-/t60-,61+,62+,63-,67-/m1/s1. The topological polar surface area (TPSA) is 351 Å². The van der Waals surface area contributed by atoms with Gasteiger partial charge >= 0.3 is 30.6 Å². The number of carbonyl (C=O) groups excluding carboxylic acids is 1. The molecule has 1 saturated heterocycles. The molecule has 520 valence electrons. The number of nitrogens with one attached hydrogen (secondary N) is 1. The smallest absolute Gasteiger partial charge is 0.493 e. The molecule has 1 aliphatic rings. The maximum atomic E-state index is 14.3. The average molecular weight is 1400 g/mol. The Morgan fingerprint density at radius 2 is 0.928 bits per heavy atom. The third-order valence-electron chi connectivity index (χ3n) is 14.3. The van der Waals surface area contributed by atoms with Gasteiger partial charge in [0.1, 0.15) is 54.0 Å². The number of hydrogen-bond donors (Lipinski definition) is 5. The normalized spacial score (nSPS) is 16.5. The Morgan fingerprint density at radius 1 is 0.474 bits per heavy atom. The number of aliphatic hydroxyl groups is 4. The van der Waals surface area contributed by atoms with Gasteiger partial charge in [0.05, 0.1) is 63.5 Å². The molecule has 0 radical (unpaired) electrons. The summed E-state index contributed by atoms with van der Waals surface area (Å²) in [6, 6.07) is 28.5. The van der Waals surface area contributed by atoms with Crippen LogP contribution in [0.3, 0.4) is 0 Å². The van der Waals surface area contributed by atoms with Gasteiger partial charge in [-0.1, -0.05) is 54.6 Å². The molecule has 0 aromatic heterocycles. The Kier molecular flexibility index (Phi) is 24.4. The first-order valence-corrected chi connectivity index (χ1v) is 33.8. The minimum absolute atomic E-state index is 0.0427. The van der Waals surface area contributed by atoms with Crippen LogP contribution in [0.5, 0.6) is 80.5 Å². The van der Waals surface area contributed by atoms with Crippen molar-refractivity contribution < 1.29 is 119 Å². The molecule has 7 aromatic carbocycles. The van der Waals surface area contributed by atoms with E-state index in [0.717, 1.165) is 12.1 Å². The molecule has 0 spiro atoms. The number of amides is 1. The lowest BCUT2D eigenvalue weighted by atomic mass is 9.99. The predicted octanol–water partition coefficient (Wildman–Crippen LogP) is 7.51. The van der Waals surface area contributed by atoms with E-state index in [0.29, 0.717) is 62.3 Å². The number of hydrogen-bond acceptors (Lipinski definition) is 26. The Labute approximate surface area is 561 Å². The van der Waals surface area contributed by atoms with Crippen molar-refractivity contribution >= 4 is 60.8 Å². The van der Waals surface area contributed by atoms with Crippen LogP contribution < -0.4 is 69.4 Å². The van der Waals surface area contributed by atoms with Gasteiger partial charge in [0.15, 0.2) is 57.5 Å². The zero-order valence-corrected chi connectivity index (χ0v) is 56.6. The second-order valence-electron chi connectivity index (χ2n) is 21.5. The lowest BCUT2D eigenvalue weighted by Crippen LogP contribution is -2.60. The van der Waals surface area contributed by atoms with Gasteiger partial charge in [-0.15, -0.1) is 8.42 Å². The number of benzene rings is 7. The van der Waals surface area contributed by atoms with Crippen molar-refractivity contribution in [2.24, 2.45) is 0 Å². The van der Waals surface area contributed by atoms with Crippen LogP contribution in [0, 0.1) is 0 Å². The molecule has 5 N–H and O–H groups in total. The van der Waals surface area contributed by atoms with Crippen LogP contribution in [-0.4, -0.2) is 152 Å². The van der Waals surface area contributed by atoms with E-state index in [1.165, 1.54) is 130 Å². The first kappa shape index (κ1) is 73.2. The summed E-state index contributed by atoms with van der Waals surface area (Å²) in [4.78, 5) is 13.0. The molecule has 0 bridgehead atoms. The van der Waals surface area contributed by atoms with Crippen LogP contribution in [0.25, 0.3) is 24.3 Å². The highest BCUT2D eigenvalue weighted by Gasteiger charge is 2.45. The molecule has 0 saturated carbocycles. The fourth-order valence-electron chi connectivity index (χ4n) is 9.70. The molecule has 0 aliphatic carbocycles. The molecule has 30 heteroatoms. The van der Waals surface area contributed by atoms with E-state index < -0.39 is 96.9 Å².